The number of carbonyl (C=O) groups excluding carboxylic acids is 1. The van der Waals surface area contributed by atoms with Crippen LogP contribution in [0.15, 0.2) is 27.6 Å². The minimum Gasteiger partial charge on any atom is -0.335 e. The van der Waals surface area contributed by atoms with E-state index in [2.05, 4.69) is 15.9 Å². The minimum absolute atomic E-state index is 0.0518. The van der Waals surface area contributed by atoms with Gasteiger partial charge in [0.15, 0.2) is 0 Å². The molecule has 0 unspecified atom stereocenters. The summed E-state index contributed by atoms with van der Waals surface area (Å²) in [4.78, 5) is 14.5. The van der Waals surface area contributed by atoms with Gasteiger partial charge in [0.25, 0.3) is 15.0 Å². The van der Waals surface area contributed by atoms with E-state index in [1.165, 1.54) is 25.0 Å². The molecular formula is C14H15BrClNO3S. The number of hydrogen-bond donors (Lipinski definition) is 0. The molecule has 3 rings (SSSR count). The second-order valence-electron chi connectivity index (χ2n) is 5.75. The van der Waals surface area contributed by atoms with E-state index in [0.717, 1.165) is 19.4 Å². The maximum atomic E-state index is 12.7. The number of carbonyl (C=O) groups is 1. The van der Waals surface area contributed by atoms with Gasteiger partial charge in [-0.05, 0) is 49.8 Å². The Morgan fingerprint density at radius 2 is 1.90 bits per heavy atom. The van der Waals surface area contributed by atoms with Gasteiger partial charge in [-0.3, -0.25) is 4.79 Å². The summed E-state index contributed by atoms with van der Waals surface area (Å²) in [5, 5.41) is 0. The molecule has 2 fully saturated rings. The van der Waals surface area contributed by atoms with Gasteiger partial charge >= 0.3 is 0 Å². The Balaban J connectivity index is 1.90. The second kappa shape index (κ2) is 5.56. The van der Waals surface area contributed by atoms with Gasteiger partial charge in [-0.2, -0.15) is 0 Å². The molecule has 1 aromatic carbocycles. The van der Waals surface area contributed by atoms with Crippen molar-refractivity contribution in [3.8, 4) is 0 Å². The third kappa shape index (κ3) is 3.79. The van der Waals surface area contributed by atoms with Crippen LogP contribution in [0, 0.1) is 5.92 Å². The molecule has 0 atom stereocenters. The van der Waals surface area contributed by atoms with Crippen molar-refractivity contribution < 1.29 is 13.2 Å². The van der Waals surface area contributed by atoms with Crippen LogP contribution in [-0.4, -0.2) is 31.8 Å². The number of nitrogens with zero attached hydrogens (tertiary/aromatic N) is 1. The Hall–Kier alpha value is -0.590. The van der Waals surface area contributed by atoms with Gasteiger partial charge in [0, 0.05) is 33.3 Å². The lowest BCUT2D eigenvalue weighted by molar-refractivity contribution is 0.0734. The van der Waals surface area contributed by atoms with Gasteiger partial charge in [-0.25, -0.2) is 8.42 Å². The van der Waals surface area contributed by atoms with E-state index in [1.807, 2.05) is 4.90 Å². The molecule has 2 saturated carbocycles. The molecule has 21 heavy (non-hydrogen) atoms. The van der Waals surface area contributed by atoms with Crippen LogP contribution in [0.4, 0.5) is 0 Å². The molecule has 0 bridgehead atoms. The van der Waals surface area contributed by atoms with Crippen molar-refractivity contribution in [1.82, 2.24) is 4.90 Å². The first-order valence-corrected chi connectivity index (χ1v) is 10.0. The fraction of sp³-hybridized carbons (Fsp3) is 0.500. The summed E-state index contributed by atoms with van der Waals surface area (Å²) >= 11 is 3.24. The molecule has 4 nitrogen and oxygen atoms in total. The second-order valence-corrected chi connectivity index (χ2v) is 9.23. The molecule has 0 N–H and O–H groups in total. The van der Waals surface area contributed by atoms with Crippen molar-refractivity contribution in [2.45, 2.75) is 36.6 Å². The SMILES string of the molecule is O=C(c1cc(Br)cc(S(=O)(=O)Cl)c1)N(CC1CC1)C1CC1. The summed E-state index contributed by atoms with van der Waals surface area (Å²) in [6.07, 6.45) is 4.42. The highest BCUT2D eigenvalue weighted by molar-refractivity contribution is 9.10. The minimum atomic E-state index is -3.85. The summed E-state index contributed by atoms with van der Waals surface area (Å²) in [6, 6.07) is 4.73. The average molecular weight is 393 g/mol. The zero-order valence-electron chi connectivity index (χ0n) is 11.3. The fourth-order valence-corrected chi connectivity index (χ4v) is 3.80. The van der Waals surface area contributed by atoms with Gasteiger partial charge in [0.05, 0.1) is 4.90 Å². The van der Waals surface area contributed by atoms with Crippen LogP contribution in [0.1, 0.15) is 36.0 Å². The molecule has 7 heteroatoms. The first-order chi connectivity index (χ1) is 9.84. The molecule has 1 aromatic rings. The van der Waals surface area contributed by atoms with Gasteiger partial charge in [0.1, 0.15) is 0 Å². The summed E-state index contributed by atoms with van der Waals surface area (Å²) in [5.41, 5.74) is 0.371. The van der Waals surface area contributed by atoms with E-state index in [1.54, 1.807) is 6.07 Å². The van der Waals surface area contributed by atoms with Crippen molar-refractivity contribution >= 4 is 41.6 Å². The average Bonchev–Trinajstić information content (AvgIpc) is 3.24. The molecule has 0 spiro atoms. The molecule has 0 aliphatic heterocycles. The molecule has 0 saturated heterocycles. The molecule has 0 radical (unpaired) electrons. The van der Waals surface area contributed by atoms with Gasteiger partial charge in [0.2, 0.25) is 0 Å². The maximum Gasteiger partial charge on any atom is 0.261 e. The number of halogens is 2. The molecule has 0 aromatic heterocycles. The summed E-state index contributed by atoms with van der Waals surface area (Å²) in [6.45, 7) is 0.777. The van der Waals surface area contributed by atoms with Crippen molar-refractivity contribution in [2.75, 3.05) is 6.54 Å². The van der Waals surface area contributed by atoms with E-state index in [4.69, 9.17) is 10.7 Å². The number of amides is 1. The number of hydrogen-bond acceptors (Lipinski definition) is 3. The van der Waals surface area contributed by atoms with Crippen LogP contribution in [-0.2, 0) is 9.05 Å². The van der Waals surface area contributed by atoms with Gasteiger partial charge in [-0.15, -0.1) is 0 Å². The highest BCUT2D eigenvalue weighted by Crippen LogP contribution is 2.36. The summed E-state index contributed by atoms with van der Waals surface area (Å²) < 4.78 is 23.5. The van der Waals surface area contributed by atoms with Gasteiger partial charge in [-0.1, -0.05) is 15.9 Å². The summed E-state index contributed by atoms with van der Waals surface area (Å²) in [5.74, 6) is 0.505. The molecular weight excluding hydrogens is 378 g/mol. The van der Waals surface area contributed by atoms with E-state index >= 15 is 0 Å². The van der Waals surface area contributed by atoms with Crippen LogP contribution >= 0.6 is 26.6 Å². The first-order valence-electron chi connectivity index (χ1n) is 6.91. The molecule has 2 aliphatic rings. The van der Waals surface area contributed by atoms with Crippen LogP contribution < -0.4 is 0 Å². The Labute approximate surface area is 137 Å². The summed E-state index contributed by atoms with van der Waals surface area (Å²) in [7, 11) is 1.53. The molecule has 0 heterocycles. The van der Waals surface area contributed by atoms with Crippen LogP contribution in [0.3, 0.4) is 0 Å². The maximum absolute atomic E-state index is 12.7. The predicted octanol–water partition coefficient (Wildman–Crippen LogP) is 3.39. The largest absolute Gasteiger partial charge is 0.335 e. The van der Waals surface area contributed by atoms with Crippen molar-refractivity contribution in [1.29, 1.82) is 0 Å². The Morgan fingerprint density at radius 1 is 1.24 bits per heavy atom. The zero-order valence-corrected chi connectivity index (χ0v) is 14.4. The number of rotatable bonds is 5. The van der Waals surface area contributed by atoms with Crippen LogP contribution in [0.5, 0.6) is 0 Å². The lowest BCUT2D eigenvalue weighted by Gasteiger charge is -2.22. The Bertz CT molecular complexity index is 683. The lowest BCUT2D eigenvalue weighted by atomic mass is 10.2. The monoisotopic (exact) mass is 391 g/mol. The van der Waals surface area contributed by atoms with Crippen LogP contribution in [0.2, 0.25) is 0 Å². The zero-order chi connectivity index (χ0) is 15.2. The fourth-order valence-electron chi connectivity index (χ4n) is 2.36. The Kier molecular flexibility index (Phi) is 4.05. The third-order valence-electron chi connectivity index (χ3n) is 3.80. The quantitative estimate of drug-likeness (QED) is 0.722. The van der Waals surface area contributed by atoms with Gasteiger partial charge < -0.3 is 4.90 Å². The third-order valence-corrected chi connectivity index (χ3v) is 5.59. The molecule has 2 aliphatic carbocycles. The molecule has 114 valence electrons. The highest BCUT2D eigenvalue weighted by atomic mass is 79.9. The van der Waals surface area contributed by atoms with E-state index in [-0.39, 0.29) is 10.8 Å². The number of benzene rings is 1. The standard InChI is InChI=1S/C14H15BrClNO3S/c15-11-5-10(6-13(7-11)21(16,19)20)14(18)17(12-3-4-12)8-9-1-2-9/h5-7,9,12H,1-4,8H2. The Morgan fingerprint density at radius 3 is 2.43 bits per heavy atom. The van der Waals surface area contributed by atoms with E-state index < -0.39 is 9.05 Å². The van der Waals surface area contributed by atoms with E-state index in [9.17, 15) is 13.2 Å². The van der Waals surface area contributed by atoms with Crippen molar-refractivity contribution in [2.24, 2.45) is 5.92 Å². The lowest BCUT2D eigenvalue weighted by Crippen LogP contribution is -2.35. The normalized spacial score (nSPS) is 18.6. The molecule has 1 amide bonds. The van der Waals surface area contributed by atoms with Crippen molar-refractivity contribution in [3.63, 3.8) is 0 Å². The van der Waals surface area contributed by atoms with Crippen LogP contribution in [0.25, 0.3) is 0 Å². The van der Waals surface area contributed by atoms with E-state index in [0.29, 0.717) is 22.0 Å². The highest BCUT2D eigenvalue weighted by Gasteiger charge is 2.37. The van der Waals surface area contributed by atoms with Crippen molar-refractivity contribution in [3.05, 3.63) is 28.2 Å². The first kappa shape index (κ1) is 15.3. The smallest absolute Gasteiger partial charge is 0.261 e. The topological polar surface area (TPSA) is 54.5 Å². The predicted molar refractivity (Wildman–Crippen MR) is 84.0 cm³/mol.